The van der Waals surface area contributed by atoms with Gasteiger partial charge in [0.05, 0.1) is 6.61 Å². The summed E-state index contributed by atoms with van der Waals surface area (Å²) >= 11 is 0. The molecule has 0 saturated heterocycles. The quantitative estimate of drug-likeness (QED) is 0.437. The maximum Gasteiger partial charge on any atom is 0.333 e. The molecule has 0 aliphatic heterocycles. The van der Waals surface area contributed by atoms with Gasteiger partial charge in [0.2, 0.25) is 0 Å². The first kappa shape index (κ1) is 17.2. The van der Waals surface area contributed by atoms with Gasteiger partial charge in [-0.3, -0.25) is 0 Å². The summed E-state index contributed by atoms with van der Waals surface area (Å²) in [6, 6.07) is 0. The summed E-state index contributed by atoms with van der Waals surface area (Å²) in [4.78, 5) is 10.6. The second-order valence-electron chi connectivity index (χ2n) is 6.17. The maximum atomic E-state index is 10.6. The summed E-state index contributed by atoms with van der Waals surface area (Å²) in [6.07, 6.45) is 6.10. The van der Waals surface area contributed by atoms with Crippen LogP contribution in [0.25, 0.3) is 0 Å². The van der Waals surface area contributed by atoms with E-state index in [1.54, 1.807) is 33.3 Å². The van der Waals surface area contributed by atoms with Crippen molar-refractivity contribution in [2.24, 2.45) is 23.7 Å². The zero-order valence-electron chi connectivity index (χ0n) is 13.5. The number of carbonyl (C=O) groups is 1. The number of ether oxygens (including phenoxy) is 2. The summed E-state index contributed by atoms with van der Waals surface area (Å²) in [5, 5.41) is 0. The van der Waals surface area contributed by atoms with Crippen molar-refractivity contribution in [2.75, 3.05) is 20.3 Å². The summed E-state index contributed by atoms with van der Waals surface area (Å²) < 4.78 is 9.35. The van der Waals surface area contributed by atoms with Gasteiger partial charge in [-0.05, 0) is 49.9 Å². The molecule has 0 radical (unpaired) electrons. The molecule has 0 heterocycles. The van der Waals surface area contributed by atoms with Crippen LogP contribution in [0.1, 0.15) is 46.5 Å². The molecule has 2 aliphatic rings. The summed E-state index contributed by atoms with van der Waals surface area (Å²) in [6.45, 7) is 10.6. The Labute approximate surface area is 123 Å². The van der Waals surface area contributed by atoms with E-state index in [4.69, 9.17) is 0 Å². The van der Waals surface area contributed by atoms with Crippen LogP contribution >= 0.6 is 0 Å². The van der Waals surface area contributed by atoms with Crippen molar-refractivity contribution < 1.29 is 14.3 Å². The van der Waals surface area contributed by atoms with E-state index in [1.165, 1.54) is 6.42 Å². The number of methoxy groups -OCH3 is 1. The lowest BCUT2D eigenvalue weighted by molar-refractivity contribution is -0.140. The molecule has 0 spiro atoms. The van der Waals surface area contributed by atoms with Crippen LogP contribution in [0.15, 0.2) is 12.2 Å². The molecule has 0 aromatic rings. The molecule has 4 unspecified atom stereocenters. The highest BCUT2D eigenvalue weighted by Crippen LogP contribution is 2.52. The monoisotopic (exact) mass is 282 g/mol. The van der Waals surface area contributed by atoms with E-state index >= 15 is 0 Å². The lowest BCUT2D eigenvalue weighted by atomic mass is 9.79. The molecule has 20 heavy (non-hydrogen) atoms. The molecule has 4 atom stereocenters. The van der Waals surface area contributed by atoms with Crippen molar-refractivity contribution in [3.8, 4) is 0 Å². The van der Waals surface area contributed by atoms with E-state index in [2.05, 4.69) is 29.9 Å². The minimum atomic E-state index is -0.364. The van der Waals surface area contributed by atoms with Crippen LogP contribution in [0.2, 0.25) is 0 Å². The number of rotatable bonds is 5. The first-order valence-electron chi connectivity index (χ1n) is 7.82. The molecule has 3 heteroatoms. The van der Waals surface area contributed by atoms with Crippen molar-refractivity contribution in [1.29, 1.82) is 0 Å². The molecule has 2 aliphatic carbocycles. The molecule has 116 valence electrons. The zero-order valence-corrected chi connectivity index (χ0v) is 13.5. The molecule has 0 aromatic carbocycles. The predicted molar refractivity (Wildman–Crippen MR) is 81.4 cm³/mol. The lowest BCUT2D eigenvalue weighted by Gasteiger charge is -2.26. The number of esters is 1. The van der Waals surface area contributed by atoms with E-state index in [-0.39, 0.29) is 5.97 Å². The fourth-order valence-corrected chi connectivity index (χ4v) is 3.74. The van der Waals surface area contributed by atoms with Crippen LogP contribution in [0, 0.1) is 23.7 Å². The van der Waals surface area contributed by atoms with Crippen molar-refractivity contribution in [3.05, 3.63) is 12.2 Å². The lowest BCUT2D eigenvalue weighted by Crippen LogP contribution is -2.18. The van der Waals surface area contributed by atoms with Gasteiger partial charge in [-0.1, -0.05) is 26.8 Å². The number of fused-ring (bicyclic) bond motifs is 2. The van der Waals surface area contributed by atoms with Gasteiger partial charge >= 0.3 is 5.97 Å². The van der Waals surface area contributed by atoms with E-state index in [0.717, 1.165) is 23.7 Å². The second-order valence-corrected chi connectivity index (χ2v) is 6.17. The summed E-state index contributed by atoms with van der Waals surface area (Å²) in [5.74, 6) is 4.04. The average molecular weight is 282 g/mol. The van der Waals surface area contributed by atoms with Crippen LogP contribution in [0.3, 0.4) is 0 Å². The Morgan fingerprint density at radius 3 is 2.30 bits per heavy atom. The first-order chi connectivity index (χ1) is 9.51. The topological polar surface area (TPSA) is 35.5 Å². The van der Waals surface area contributed by atoms with Crippen molar-refractivity contribution in [1.82, 2.24) is 0 Å². The normalized spacial score (nSPS) is 30.6. The summed E-state index contributed by atoms with van der Waals surface area (Å²) in [5.41, 5.74) is 0.413. The molecule has 2 saturated carbocycles. The fourth-order valence-electron chi connectivity index (χ4n) is 3.74. The van der Waals surface area contributed by atoms with Gasteiger partial charge in [0.1, 0.15) is 6.61 Å². The smallest absolute Gasteiger partial charge is 0.333 e. The van der Waals surface area contributed by atoms with Crippen LogP contribution in [-0.2, 0) is 14.3 Å². The summed E-state index contributed by atoms with van der Waals surface area (Å²) in [7, 11) is 1.55. The van der Waals surface area contributed by atoms with E-state index in [9.17, 15) is 4.79 Å². The van der Waals surface area contributed by atoms with E-state index in [1.807, 2.05) is 0 Å². The molecule has 0 aromatic heterocycles. The Morgan fingerprint density at radius 1 is 1.25 bits per heavy atom. The Kier molecular flexibility index (Phi) is 7.28. The van der Waals surface area contributed by atoms with Crippen molar-refractivity contribution >= 4 is 5.97 Å². The Hall–Kier alpha value is -0.830. The highest BCUT2D eigenvalue weighted by Gasteiger charge is 2.43. The molecule has 2 bridgehead atoms. The van der Waals surface area contributed by atoms with Crippen LogP contribution in [0.4, 0.5) is 0 Å². The van der Waals surface area contributed by atoms with Gasteiger partial charge in [0.25, 0.3) is 0 Å². The zero-order chi connectivity index (χ0) is 15.1. The predicted octanol–water partition coefficient (Wildman–Crippen LogP) is 3.83. The first-order valence-corrected chi connectivity index (χ1v) is 7.82. The largest absolute Gasteiger partial charge is 0.460 e. The van der Waals surface area contributed by atoms with E-state index < -0.39 is 0 Å². The molecule has 0 amide bonds. The minimum Gasteiger partial charge on any atom is -0.460 e. The fraction of sp³-hybridized carbons (Fsp3) is 0.824. The SMILES string of the molecule is C=C(C)C(=O)OCCOC.CCC1C2CCC(C2)C1C. The van der Waals surface area contributed by atoms with Gasteiger partial charge in [-0.2, -0.15) is 0 Å². The van der Waals surface area contributed by atoms with Crippen LogP contribution in [0.5, 0.6) is 0 Å². The third-order valence-electron chi connectivity index (χ3n) is 4.88. The van der Waals surface area contributed by atoms with Crippen molar-refractivity contribution in [2.45, 2.75) is 46.5 Å². The van der Waals surface area contributed by atoms with Gasteiger partial charge in [-0.15, -0.1) is 0 Å². The minimum absolute atomic E-state index is 0.294. The highest BCUT2D eigenvalue weighted by molar-refractivity contribution is 5.86. The molecule has 0 N–H and O–H groups in total. The average Bonchev–Trinajstić information content (AvgIpc) is 3.00. The highest BCUT2D eigenvalue weighted by atomic mass is 16.6. The van der Waals surface area contributed by atoms with Crippen LogP contribution in [-0.4, -0.2) is 26.3 Å². The second kappa shape index (κ2) is 8.46. The standard InChI is InChI=1S/C10H18.C7H12O3/c1-3-10-7(2)8-4-5-9(10)6-8;1-6(2)7(8)10-5-4-9-3/h7-10H,3-6H2,1-2H3;1,4-5H2,2-3H3. The molecular formula is C17H30O3. The number of hydrogen-bond donors (Lipinski definition) is 0. The van der Waals surface area contributed by atoms with Gasteiger partial charge in [-0.25, -0.2) is 4.79 Å². The number of carbonyl (C=O) groups excluding carboxylic acids is 1. The third-order valence-corrected chi connectivity index (χ3v) is 4.88. The van der Waals surface area contributed by atoms with E-state index in [0.29, 0.717) is 18.8 Å². The number of hydrogen-bond acceptors (Lipinski definition) is 3. The Morgan fingerprint density at radius 2 is 1.90 bits per heavy atom. The van der Waals surface area contributed by atoms with Gasteiger partial charge in [0, 0.05) is 12.7 Å². The van der Waals surface area contributed by atoms with Crippen molar-refractivity contribution in [3.63, 3.8) is 0 Å². The molecule has 2 fully saturated rings. The van der Waals surface area contributed by atoms with Gasteiger partial charge in [0.15, 0.2) is 0 Å². The Bertz CT molecular complexity index is 322. The Balaban J connectivity index is 0.000000200. The molecule has 3 nitrogen and oxygen atoms in total. The molecular weight excluding hydrogens is 252 g/mol. The van der Waals surface area contributed by atoms with Gasteiger partial charge < -0.3 is 9.47 Å². The van der Waals surface area contributed by atoms with Crippen LogP contribution < -0.4 is 0 Å². The third kappa shape index (κ3) is 4.62. The maximum absolute atomic E-state index is 10.6. The molecule has 2 rings (SSSR count).